The maximum Gasteiger partial charge on any atom is 0.128 e. The van der Waals surface area contributed by atoms with Crippen LogP contribution in [0.3, 0.4) is 0 Å². The van der Waals surface area contributed by atoms with Gasteiger partial charge in [0, 0.05) is 19.6 Å². The van der Waals surface area contributed by atoms with Gasteiger partial charge >= 0.3 is 0 Å². The van der Waals surface area contributed by atoms with Gasteiger partial charge in [-0.2, -0.15) is 0 Å². The monoisotopic (exact) mass is 295 g/mol. The SMILES string of the molecule is CC(C)CNCc1nc(N2CCCC(C)C2)ccc1Cl. The molecule has 1 fully saturated rings. The number of nitrogens with zero attached hydrogens (tertiary/aromatic N) is 2. The van der Waals surface area contributed by atoms with E-state index in [2.05, 4.69) is 31.0 Å². The summed E-state index contributed by atoms with van der Waals surface area (Å²) in [6.45, 7) is 10.7. The summed E-state index contributed by atoms with van der Waals surface area (Å²) in [6, 6.07) is 4.03. The number of halogens is 1. The van der Waals surface area contributed by atoms with Crippen LogP contribution in [0.1, 0.15) is 39.3 Å². The third kappa shape index (κ3) is 4.35. The minimum absolute atomic E-state index is 0.639. The molecule has 3 nitrogen and oxygen atoms in total. The van der Waals surface area contributed by atoms with Crippen molar-refractivity contribution in [1.29, 1.82) is 0 Å². The first-order valence-electron chi connectivity index (χ1n) is 7.67. The molecule has 1 N–H and O–H groups in total. The third-order valence-electron chi connectivity index (χ3n) is 3.73. The summed E-state index contributed by atoms with van der Waals surface area (Å²) in [5.74, 6) is 2.46. The van der Waals surface area contributed by atoms with Gasteiger partial charge in [0.1, 0.15) is 5.82 Å². The van der Waals surface area contributed by atoms with Crippen LogP contribution < -0.4 is 10.2 Å². The van der Waals surface area contributed by atoms with E-state index in [0.29, 0.717) is 5.92 Å². The van der Waals surface area contributed by atoms with Crippen LogP contribution in [0, 0.1) is 11.8 Å². The van der Waals surface area contributed by atoms with Gasteiger partial charge in [-0.1, -0.05) is 32.4 Å². The molecule has 0 aliphatic carbocycles. The van der Waals surface area contributed by atoms with Crippen molar-refractivity contribution in [3.8, 4) is 0 Å². The van der Waals surface area contributed by atoms with Crippen LogP contribution in [0.2, 0.25) is 5.02 Å². The molecule has 20 heavy (non-hydrogen) atoms. The highest BCUT2D eigenvalue weighted by Gasteiger charge is 2.18. The number of anilines is 1. The molecule has 0 amide bonds. The van der Waals surface area contributed by atoms with E-state index in [-0.39, 0.29) is 0 Å². The summed E-state index contributed by atoms with van der Waals surface area (Å²) in [6.07, 6.45) is 2.58. The molecule has 2 rings (SSSR count). The summed E-state index contributed by atoms with van der Waals surface area (Å²) < 4.78 is 0. The molecule has 0 bridgehead atoms. The first-order valence-corrected chi connectivity index (χ1v) is 8.05. The summed E-state index contributed by atoms with van der Waals surface area (Å²) in [7, 11) is 0. The zero-order valence-corrected chi connectivity index (χ0v) is 13.6. The number of nitrogens with one attached hydrogen (secondary N) is 1. The molecule has 4 heteroatoms. The highest BCUT2D eigenvalue weighted by Crippen LogP contribution is 2.24. The van der Waals surface area contributed by atoms with E-state index in [1.54, 1.807) is 0 Å². The Kier molecular flexibility index (Phi) is 5.67. The maximum absolute atomic E-state index is 6.26. The fourth-order valence-electron chi connectivity index (χ4n) is 2.65. The van der Waals surface area contributed by atoms with Gasteiger partial charge < -0.3 is 10.2 Å². The van der Waals surface area contributed by atoms with E-state index in [9.17, 15) is 0 Å². The van der Waals surface area contributed by atoms with E-state index in [1.807, 2.05) is 12.1 Å². The predicted octanol–water partition coefficient (Wildman–Crippen LogP) is 3.72. The second-order valence-corrected chi connectivity index (χ2v) is 6.72. The Hall–Kier alpha value is -0.800. The molecule has 112 valence electrons. The first kappa shape index (κ1) is 15.6. The van der Waals surface area contributed by atoms with Gasteiger partial charge in [-0.25, -0.2) is 4.98 Å². The van der Waals surface area contributed by atoms with E-state index >= 15 is 0 Å². The lowest BCUT2D eigenvalue weighted by Gasteiger charge is -2.32. The normalized spacial score (nSPS) is 19.6. The van der Waals surface area contributed by atoms with Crippen molar-refractivity contribution >= 4 is 17.4 Å². The van der Waals surface area contributed by atoms with Crippen LogP contribution in [0.15, 0.2) is 12.1 Å². The number of rotatable bonds is 5. The number of aromatic nitrogens is 1. The van der Waals surface area contributed by atoms with E-state index in [0.717, 1.165) is 48.6 Å². The number of piperidine rings is 1. The fourth-order valence-corrected chi connectivity index (χ4v) is 2.82. The number of hydrogen-bond donors (Lipinski definition) is 1. The molecule has 0 radical (unpaired) electrons. The number of hydrogen-bond acceptors (Lipinski definition) is 3. The van der Waals surface area contributed by atoms with E-state index < -0.39 is 0 Å². The smallest absolute Gasteiger partial charge is 0.128 e. The highest BCUT2D eigenvalue weighted by atomic mass is 35.5. The average Bonchev–Trinajstić information content (AvgIpc) is 2.40. The molecule has 0 spiro atoms. The summed E-state index contributed by atoms with van der Waals surface area (Å²) in [5.41, 5.74) is 0.961. The largest absolute Gasteiger partial charge is 0.356 e. The summed E-state index contributed by atoms with van der Waals surface area (Å²) in [4.78, 5) is 7.14. The Morgan fingerprint density at radius 3 is 2.95 bits per heavy atom. The minimum atomic E-state index is 0.639. The van der Waals surface area contributed by atoms with Crippen LogP contribution in [0.5, 0.6) is 0 Å². The molecule has 0 aromatic carbocycles. The van der Waals surface area contributed by atoms with Gasteiger partial charge in [0.05, 0.1) is 10.7 Å². The quantitative estimate of drug-likeness (QED) is 0.897. The van der Waals surface area contributed by atoms with Crippen molar-refractivity contribution in [2.45, 2.75) is 40.2 Å². The molecule has 1 saturated heterocycles. The first-order chi connectivity index (χ1) is 9.56. The van der Waals surface area contributed by atoms with Crippen molar-refractivity contribution in [2.75, 3.05) is 24.5 Å². The van der Waals surface area contributed by atoms with Crippen molar-refractivity contribution in [2.24, 2.45) is 11.8 Å². The average molecular weight is 296 g/mol. The highest BCUT2D eigenvalue weighted by molar-refractivity contribution is 6.31. The van der Waals surface area contributed by atoms with Crippen molar-refractivity contribution < 1.29 is 0 Å². The topological polar surface area (TPSA) is 28.2 Å². The van der Waals surface area contributed by atoms with Gasteiger partial charge in [-0.05, 0) is 43.4 Å². The Labute approximate surface area is 127 Å². The van der Waals surface area contributed by atoms with Gasteiger partial charge in [-0.15, -0.1) is 0 Å². The van der Waals surface area contributed by atoms with Crippen molar-refractivity contribution in [3.63, 3.8) is 0 Å². The summed E-state index contributed by atoms with van der Waals surface area (Å²) >= 11 is 6.26. The minimum Gasteiger partial charge on any atom is -0.356 e. The third-order valence-corrected chi connectivity index (χ3v) is 4.07. The Balaban J connectivity index is 2.03. The second-order valence-electron chi connectivity index (χ2n) is 6.32. The van der Waals surface area contributed by atoms with Crippen molar-refractivity contribution in [1.82, 2.24) is 10.3 Å². The molecule has 1 aliphatic rings. The van der Waals surface area contributed by atoms with Crippen LogP contribution in [0.4, 0.5) is 5.82 Å². The lowest BCUT2D eigenvalue weighted by atomic mass is 10.0. The lowest BCUT2D eigenvalue weighted by Crippen LogP contribution is -2.35. The molecule has 1 aliphatic heterocycles. The molecule has 1 aromatic rings. The van der Waals surface area contributed by atoms with Gasteiger partial charge in [0.25, 0.3) is 0 Å². The molecular weight excluding hydrogens is 270 g/mol. The van der Waals surface area contributed by atoms with Gasteiger partial charge in [-0.3, -0.25) is 0 Å². The second kappa shape index (κ2) is 7.28. The fraction of sp³-hybridized carbons (Fsp3) is 0.688. The Bertz CT molecular complexity index is 434. The molecule has 1 unspecified atom stereocenters. The van der Waals surface area contributed by atoms with Crippen LogP contribution in [-0.2, 0) is 6.54 Å². The number of pyridine rings is 1. The predicted molar refractivity (Wildman–Crippen MR) is 86.4 cm³/mol. The van der Waals surface area contributed by atoms with Crippen molar-refractivity contribution in [3.05, 3.63) is 22.8 Å². The lowest BCUT2D eigenvalue weighted by molar-refractivity contribution is 0.444. The zero-order chi connectivity index (χ0) is 14.5. The van der Waals surface area contributed by atoms with Crippen LogP contribution >= 0.6 is 11.6 Å². The molecule has 0 saturated carbocycles. The van der Waals surface area contributed by atoms with Crippen LogP contribution in [-0.4, -0.2) is 24.6 Å². The molecule has 1 aromatic heterocycles. The summed E-state index contributed by atoms with van der Waals surface area (Å²) in [5, 5.41) is 4.17. The van der Waals surface area contributed by atoms with Crippen LogP contribution in [0.25, 0.3) is 0 Å². The molecule has 2 heterocycles. The zero-order valence-electron chi connectivity index (χ0n) is 12.8. The standard InChI is InChI=1S/C16H26ClN3/c1-12(2)9-18-10-15-14(17)6-7-16(19-15)20-8-4-5-13(3)11-20/h6-7,12-13,18H,4-5,8-11H2,1-3H3. The molecular formula is C16H26ClN3. The van der Waals surface area contributed by atoms with E-state index in [4.69, 9.17) is 16.6 Å². The Morgan fingerprint density at radius 1 is 1.45 bits per heavy atom. The van der Waals surface area contributed by atoms with E-state index in [1.165, 1.54) is 12.8 Å². The Morgan fingerprint density at radius 2 is 2.25 bits per heavy atom. The molecule has 1 atom stereocenters. The maximum atomic E-state index is 6.26. The van der Waals surface area contributed by atoms with Gasteiger partial charge in [0.15, 0.2) is 0 Å². The van der Waals surface area contributed by atoms with Gasteiger partial charge in [0.2, 0.25) is 0 Å².